The summed E-state index contributed by atoms with van der Waals surface area (Å²) in [4.78, 5) is 27.1. The van der Waals surface area contributed by atoms with Crippen molar-refractivity contribution in [2.45, 2.75) is 31.8 Å². The van der Waals surface area contributed by atoms with E-state index in [1.165, 1.54) is 12.1 Å². The largest absolute Gasteiger partial charge is 0.288 e. The number of nitro benzene ring substituents is 1. The number of nitro groups is 1. The number of benzene rings is 1. The summed E-state index contributed by atoms with van der Waals surface area (Å²) in [5.41, 5.74) is 2.17. The predicted octanol–water partition coefficient (Wildman–Crippen LogP) is 2.85. The summed E-state index contributed by atoms with van der Waals surface area (Å²) in [6.07, 6.45) is 4.05. The topological polar surface area (TPSA) is 81.5 Å². The molecular formula is C12H13ClN2O4. The number of rotatable bonds is 4. The van der Waals surface area contributed by atoms with Gasteiger partial charge in [0.15, 0.2) is 0 Å². The Balaban J connectivity index is 2.02. The Labute approximate surface area is 114 Å². The molecule has 6 nitrogen and oxygen atoms in total. The van der Waals surface area contributed by atoms with Gasteiger partial charge in [0.05, 0.1) is 11.0 Å². The van der Waals surface area contributed by atoms with Crippen molar-refractivity contribution in [2.75, 3.05) is 0 Å². The highest BCUT2D eigenvalue weighted by atomic mass is 35.5. The van der Waals surface area contributed by atoms with Gasteiger partial charge in [-0.25, -0.2) is 5.48 Å². The van der Waals surface area contributed by atoms with Crippen LogP contribution in [0.2, 0.25) is 5.02 Å². The maximum atomic E-state index is 11.8. The third-order valence-corrected chi connectivity index (χ3v) is 3.35. The molecule has 1 aliphatic carbocycles. The lowest BCUT2D eigenvalue weighted by molar-refractivity contribution is -0.384. The van der Waals surface area contributed by atoms with Crippen molar-refractivity contribution in [3.63, 3.8) is 0 Å². The number of hydrogen-bond donors (Lipinski definition) is 1. The summed E-state index contributed by atoms with van der Waals surface area (Å²) in [6.45, 7) is 0. The van der Waals surface area contributed by atoms with E-state index in [4.69, 9.17) is 16.4 Å². The van der Waals surface area contributed by atoms with Crippen LogP contribution in [0.25, 0.3) is 0 Å². The lowest BCUT2D eigenvalue weighted by Gasteiger charge is -2.11. The van der Waals surface area contributed by atoms with E-state index < -0.39 is 10.8 Å². The molecule has 1 amide bonds. The number of nitrogens with one attached hydrogen (secondary N) is 1. The third kappa shape index (κ3) is 3.42. The van der Waals surface area contributed by atoms with Crippen LogP contribution in [-0.2, 0) is 4.84 Å². The molecule has 102 valence electrons. The molecule has 0 aliphatic heterocycles. The fraction of sp³-hybridized carbons (Fsp3) is 0.417. The third-order valence-electron chi connectivity index (χ3n) is 3.03. The molecule has 0 atom stereocenters. The highest BCUT2D eigenvalue weighted by Crippen LogP contribution is 2.25. The second-order valence-corrected chi connectivity index (χ2v) is 4.79. The molecule has 0 heterocycles. The van der Waals surface area contributed by atoms with Gasteiger partial charge in [0.2, 0.25) is 0 Å². The predicted molar refractivity (Wildman–Crippen MR) is 68.9 cm³/mol. The molecule has 2 rings (SSSR count). The summed E-state index contributed by atoms with van der Waals surface area (Å²) < 4.78 is 0. The van der Waals surface area contributed by atoms with Gasteiger partial charge in [-0.05, 0) is 25.0 Å². The van der Waals surface area contributed by atoms with Gasteiger partial charge in [-0.2, -0.15) is 0 Å². The average Bonchev–Trinajstić information content (AvgIpc) is 2.89. The molecule has 1 aromatic carbocycles. The van der Waals surface area contributed by atoms with Gasteiger partial charge < -0.3 is 0 Å². The van der Waals surface area contributed by atoms with Crippen molar-refractivity contribution in [3.05, 3.63) is 38.9 Å². The van der Waals surface area contributed by atoms with Gasteiger partial charge in [0.1, 0.15) is 5.02 Å². The first-order valence-electron chi connectivity index (χ1n) is 5.98. The van der Waals surface area contributed by atoms with E-state index in [1.54, 1.807) is 0 Å². The summed E-state index contributed by atoms with van der Waals surface area (Å²) in [6, 6.07) is 3.88. The van der Waals surface area contributed by atoms with Crippen LogP contribution >= 0.6 is 11.6 Å². The van der Waals surface area contributed by atoms with Crippen LogP contribution in [0.3, 0.4) is 0 Å². The first kappa shape index (κ1) is 13.8. The molecule has 1 aromatic rings. The van der Waals surface area contributed by atoms with Crippen LogP contribution in [-0.4, -0.2) is 16.9 Å². The van der Waals surface area contributed by atoms with E-state index in [2.05, 4.69) is 5.48 Å². The molecule has 7 heteroatoms. The van der Waals surface area contributed by atoms with Crippen LogP contribution in [0, 0.1) is 10.1 Å². The molecule has 1 saturated carbocycles. The van der Waals surface area contributed by atoms with E-state index in [1.807, 2.05) is 0 Å². The Hall–Kier alpha value is -1.66. The van der Waals surface area contributed by atoms with Gasteiger partial charge in [-0.1, -0.05) is 24.4 Å². The fourth-order valence-electron chi connectivity index (χ4n) is 2.00. The minimum atomic E-state index is -0.628. The molecule has 0 saturated heterocycles. The van der Waals surface area contributed by atoms with Gasteiger partial charge in [-0.15, -0.1) is 0 Å². The average molecular weight is 285 g/mol. The second kappa shape index (κ2) is 5.99. The molecule has 1 fully saturated rings. The van der Waals surface area contributed by atoms with Crippen LogP contribution in [0.5, 0.6) is 0 Å². The number of halogens is 1. The van der Waals surface area contributed by atoms with Gasteiger partial charge in [0.25, 0.3) is 11.6 Å². The standard InChI is InChI=1S/C12H13ClN2O4/c13-10-6-5-8(7-11(10)15(17)18)12(16)14-19-9-3-1-2-4-9/h5-7,9H,1-4H2,(H,14,16). The molecular weight excluding hydrogens is 272 g/mol. The highest BCUT2D eigenvalue weighted by molar-refractivity contribution is 6.32. The van der Waals surface area contributed by atoms with Crippen molar-refractivity contribution >= 4 is 23.2 Å². The Morgan fingerprint density at radius 2 is 2.11 bits per heavy atom. The zero-order valence-electron chi connectivity index (χ0n) is 10.1. The van der Waals surface area contributed by atoms with E-state index in [0.29, 0.717) is 0 Å². The Bertz CT molecular complexity index is 501. The zero-order valence-corrected chi connectivity index (χ0v) is 10.9. The number of carbonyl (C=O) groups excluding carboxylic acids is 1. The first-order valence-corrected chi connectivity index (χ1v) is 6.35. The molecule has 0 spiro atoms. The lowest BCUT2D eigenvalue weighted by atomic mass is 10.2. The fourth-order valence-corrected chi connectivity index (χ4v) is 2.18. The first-order chi connectivity index (χ1) is 9.08. The molecule has 0 aromatic heterocycles. The van der Waals surface area contributed by atoms with Gasteiger partial charge in [0, 0.05) is 11.6 Å². The van der Waals surface area contributed by atoms with Gasteiger partial charge >= 0.3 is 0 Å². The van der Waals surface area contributed by atoms with Crippen LogP contribution in [0.1, 0.15) is 36.0 Å². The van der Waals surface area contributed by atoms with E-state index >= 15 is 0 Å². The number of carbonyl (C=O) groups is 1. The van der Waals surface area contributed by atoms with Crippen molar-refractivity contribution < 1.29 is 14.6 Å². The Kier molecular flexibility index (Phi) is 4.34. The molecule has 0 unspecified atom stereocenters. The van der Waals surface area contributed by atoms with Crippen molar-refractivity contribution in [1.82, 2.24) is 5.48 Å². The Morgan fingerprint density at radius 1 is 1.42 bits per heavy atom. The van der Waals surface area contributed by atoms with E-state index in [9.17, 15) is 14.9 Å². The molecule has 0 bridgehead atoms. The maximum absolute atomic E-state index is 11.8. The van der Waals surface area contributed by atoms with Crippen LogP contribution in [0.4, 0.5) is 5.69 Å². The highest BCUT2D eigenvalue weighted by Gasteiger charge is 2.19. The van der Waals surface area contributed by atoms with Crippen molar-refractivity contribution in [2.24, 2.45) is 0 Å². The quantitative estimate of drug-likeness (QED) is 0.681. The maximum Gasteiger partial charge on any atom is 0.288 e. The summed E-state index contributed by atoms with van der Waals surface area (Å²) in [5, 5.41) is 10.7. The summed E-state index contributed by atoms with van der Waals surface area (Å²) >= 11 is 5.67. The zero-order chi connectivity index (χ0) is 13.8. The van der Waals surface area contributed by atoms with E-state index in [0.717, 1.165) is 31.7 Å². The number of nitrogens with zero attached hydrogens (tertiary/aromatic N) is 1. The molecule has 19 heavy (non-hydrogen) atoms. The van der Waals surface area contributed by atoms with Crippen LogP contribution < -0.4 is 5.48 Å². The SMILES string of the molecule is O=C(NOC1CCCC1)c1ccc(Cl)c([N+](=O)[O-])c1. The monoisotopic (exact) mass is 284 g/mol. The smallest absolute Gasteiger partial charge is 0.270 e. The van der Waals surface area contributed by atoms with Crippen molar-refractivity contribution in [1.29, 1.82) is 0 Å². The lowest BCUT2D eigenvalue weighted by Crippen LogP contribution is -2.28. The minimum Gasteiger partial charge on any atom is -0.270 e. The summed E-state index contributed by atoms with van der Waals surface area (Å²) in [5.74, 6) is -0.508. The molecule has 1 N–H and O–H groups in total. The number of hydrogen-bond acceptors (Lipinski definition) is 4. The number of amides is 1. The van der Waals surface area contributed by atoms with E-state index in [-0.39, 0.29) is 22.4 Å². The van der Waals surface area contributed by atoms with Gasteiger partial charge in [-0.3, -0.25) is 19.7 Å². The number of hydroxylamine groups is 1. The minimum absolute atomic E-state index is 0.00161. The normalized spacial score (nSPS) is 15.4. The molecule has 0 radical (unpaired) electrons. The van der Waals surface area contributed by atoms with Crippen molar-refractivity contribution in [3.8, 4) is 0 Å². The van der Waals surface area contributed by atoms with Crippen LogP contribution in [0.15, 0.2) is 18.2 Å². The Morgan fingerprint density at radius 3 is 2.74 bits per heavy atom. The second-order valence-electron chi connectivity index (χ2n) is 4.38. The summed E-state index contributed by atoms with van der Waals surface area (Å²) in [7, 11) is 0. The molecule has 1 aliphatic rings.